The molecule has 2 fully saturated rings. The van der Waals surface area contributed by atoms with Gasteiger partial charge in [0.2, 0.25) is 5.91 Å². The first-order chi connectivity index (χ1) is 11.5. The van der Waals surface area contributed by atoms with E-state index in [0.29, 0.717) is 5.41 Å². The fourth-order valence-corrected chi connectivity index (χ4v) is 4.09. The zero-order valence-electron chi connectivity index (χ0n) is 15.3. The molecule has 0 N–H and O–H groups in total. The van der Waals surface area contributed by atoms with Crippen LogP contribution in [-0.4, -0.2) is 56.1 Å². The van der Waals surface area contributed by atoms with E-state index in [1.54, 1.807) is 0 Å². The summed E-state index contributed by atoms with van der Waals surface area (Å²) in [6.45, 7) is 5.62. The highest BCUT2D eigenvalue weighted by Crippen LogP contribution is 2.41. The number of ether oxygens (including phenoxy) is 1. The van der Waals surface area contributed by atoms with E-state index in [4.69, 9.17) is 4.74 Å². The van der Waals surface area contributed by atoms with Crippen molar-refractivity contribution in [1.82, 2.24) is 9.80 Å². The van der Waals surface area contributed by atoms with Crippen LogP contribution in [0.15, 0.2) is 24.3 Å². The van der Waals surface area contributed by atoms with Crippen molar-refractivity contribution in [3.8, 4) is 0 Å². The van der Waals surface area contributed by atoms with Gasteiger partial charge in [0.05, 0.1) is 0 Å². The minimum absolute atomic E-state index is 0.186. The van der Waals surface area contributed by atoms with Gasteiger partial charge in [0.15, 0.2) is 0 Å². The minimum Gasteiger partial charge on any atom is -0.381 e. The van der Waals surface area contributed by atoms with Crippen molar-refractivity contribution in [3.05, 3.63) is 35.4 Å². The number of piperidine rings is 1. The maximum Gasteiger partial charge on any atom is 0.244 e. The maximum absolute atomic E-state index is 13.2. The lowest BCUT2D eigenvalue weighted by Gasteiger charge is -2.45. The molecule has 0 radical (unpaired) electrons. The van der Waals surface area contributed by atoms with Crippen LogP contribution in [0.1, 0.15) is 42.9 Å². The zero-order valence-corrected chi connectivity index (χ0v) is 15.3. The summed E-state index contributed by atoms with van der Waals surface area (Å²) in [5, 5.41) is 0. The molecule has 24 heavy (non-hydrogen) atoms. The average molecular weight is 330 g/mol. The number of rotatable bonds is 3. The zero-order chi connectivity index (χ0) is 17.2. The molecular formula is C20H30N2O2. The van der Waals surface area contributed by atoms with Crippen LogP contribution in [0, 0.1) is 12.3 Å². The van der Waals surface area contributed by atoms with Crippen LogP contribution >= 0.6 is 0 Å². The smallest absolute Gasteiger partial charge is 0.244 e. The fraction of sp³-hybridized carbons (Fsp3) is 0.650. The third-order valence-electron chi connectivity index (χ3n) is 5.83. The van der Waals surface area contributed by atoms with Crippen LogP contribution in [0.2, 0.25) is 0 Å². The Kier molecular flexibility index (Phi) is 5.26. The summed E-state index contributed by atoms with van der Waals surface area (Å²) in [7, 11) is 3.98. The summed E-state index contributed by atoms with van der Waals surface area (Å²) in [6.07, 6.45) is 4.56. The molecule has 2 heterocycles. The van der Waals surface area contributed by atoms with Crippen LogP contribution in [0.25, 0.3) is 0 Å². The van der Waals surface area contributed by atoms with Gasteiger partial charge in [-0.05, 0) is 57.7 Å². The number of amides is 1. The van der Waals surface area contributed by atoms with E-state index >= 15 is 0 Å². The summed E-state index contributed by atoms with van der Waals surface area (Å²) in [5.74, 6) is 0.241. The molecule has 2 saturated heterocycles. The average Bonchev–Trinajstić information content (AvgIpc) is 2.58. The number of carbonyl (C=O) groups is 1. The number of nitrogens with zero attached hydrogens (tertiary/aromatic N) is 2. The van der Waals surface area contributed by atoms with Gasteiger partial charge < -0.3 is 9.64 Å². The SMILES string of the molecule is Cc1ccc([C@@H](C(=O)N2CCC3(CCOCC3)CC2)N(C)C)cc1. The van der Waals surface area contributed by atoms with Crippen molar-refractivity contribution in [3.63, 3.8) is 0 Å². The number of benzene rings is 1. The Morgan fingerprint density at radius 2 is 1.67 bits per heavy atom. The molecule has 4 nitrogen and oxygen atoms in total. The Hall–Kier alpha value is -1.39. The van der Waals surface area contributed by atoms with Gasteiger partial charge in [-0.25, -0.2) is 0 Å². The molecule has 132 valence electrons. The number of likely N-dealkylation sites (N-methyl/N-ethyl adjacent to an activating group) is 1. The van der Waals surface area contributed by atoms with Crippen LogP contribution in [0.4, 0.5) is 0 Å². The molecule has 4 heteroatoms. The molecule has 2 aliphatic heterocycles. The van der Waals surface area contributed by atoms with Crippen LogP contribution in [0.5, 0.6) is 0 Å². The second kappa shape index (κ2) is 7.24. The highest BCUT2D eigenvalue weighted by Gasteiger charge is 2.38. The fourth-order valence-electron chi connectivity index (χ4n) is 4.09. The van der Waals surface area contributed by atoms with E-state index in [0.717, 1.165) is 57.6 Å². The normalized spacial score (nSPS) is 21.9. The van der Waals surface area contributed by atoms with Gasteiger partial charge in [0, 0.05) is 26.3 Å². The van der Waals surface area contributed by atoms with E-state index in [1.807, 2.05) is 19.0 Å². The van der Waals surface area contributed by atoms with Gasteiger partial charge in [-0.3, -0.25) is 9.69 Å². The number of likely N-dealkylation sites (tertiary alicyclic amines) is 1. The molecule has 2 aliphatic rings. The topological polar surface area (TPSA) is 32.8 Å². The summed E-state index contributed by atoms with van der Waals surface area (Å²) in [5.41, 5.74) is 2.73. The summed E-state index contributed by atoms with van der Waals surface area (Å²) >= 11 is 0. The van der Waals surface area contributed by atoms with Gasteiger partial charge in [0.1, 0.15) is 6.04 Å². The quantitative estimate of drug-likeness (QED) is 0.854. The molecule has 0 unspecified atom stereocenters. The van der Waals surface area contributed by atoms with Gasteiger partial charge in [0.25, 0.3) is 0 Å². The first-order valence-electron chi connectivity index (χ1n) is 9.10. The molecule has 0 bridgehead atoms. The van der Waals surface area contributed by atoms with Gasteiger partial charge >= 0.3 is 0 Å². The minimum atomic E-state index is -0.186. The summed E-state index contributed by atoms with van der Waals surface area (Å²) in [6, 6.07) is 8.16. The van der Waals surface area contributed by atoms with Crippen molar-refractivity contribution >= 4 is 5.91 Å². The Morgan fingerprint density at radius 3 is 2.21 bits per heavy atom. The monoisotopic (exact) mass is 330 g/mol. The van der Waals surface area contributed by atoms with Gasteiger partial charge in [-0.2, -0.15) is 0 Å². The highest BCUT2D eigenvalue weighted by atomic mass is 16.5. The molecule has 1 aromatic rings. The summed E-state index contributed by atoms with van der Waals surface area (Å²) in [4.78, 5) is 17.3. The van der Waals surface area contributed by atoms with Crippen LogP contribution < -0.4 is 0 Å². The molecule has 1 atom stereocenters. The van der Waals surface area contributed by atoms with Crippen molar-refractivity contribution in [2.45, 2.75) is 38.6 Å². The first-order valence-corrected chi connectivity index (χ1v) is 9.10. The molecule has 0 aromatic heterocycles. The van der Waals surface area contributed by atoms with E-state index in [2.05, 4.69) is 36.1 Å². The molecule has 1 aromatic carbocycles. The Labute approximate surface area is 145 Å². The number of carbonyl (C=O) groups excluding carboxylic acids is 1. The van der Waals surface area contributed by atoms with Crippen molar-refractivity contribution in [2.24, 2.45) is 5.41 Å². The molecule has 1 spiro atoms. The number of hydrogen-bond acceptors (Lipinski definition) is 3. The molecule has 0 aliphatic carbocycles. The third kappa shape index (κ3) is 3.65. The molecule has 3 rings (SSSR count). The Bertz CT molecular complexity index is 552. The predicted molar refractivity (Wildman–Crippen MR) is 95.9 cm³/mol. The van der Waals surface area contributed by atoms with Crippen LogP contribution in [0.3, 0.4) is 0 Å². The number of hydrogen-bond donors (Lipinski definition) is 0. The van der Waals surface area contributed by atoms with E-state index in [-0.39, 0.29) is 11.9 Å². The van der Waals surface area contributed by atoms with E-state index < -0.39 is 0 Å². The molecular weight excluding hydrogens is 300 g/mol. The lowest BCUT2D eigenvalue weighted by atomic mass is 9.72. The van der Waals surface area contributed by atoms with E-state index in [9.17, 15) is 4.79 Å². The van der Waals surface area contributed by atoms with Crippen LogP contribution in [-0.2, 0) is 9.53 Å². The summed E-state index contributed by atoms with van der Waals surface area (Å²) < 4.78 is 5.52. The van der Waals surface area contributed by atoms with Crippen molar-refractivity contribution in [1.29, 1.82) is 0 Å². The maximum atomic E-state index is 13.2. The molecule has 1 amide bonds. The van der Waals surface area contributed by atoms with Gasteiger partial charge in [-0.15, -0.1) is 0 Å². The Balaban J connectivity index is 1.69. The first kappa shape index (κ1) is 17.4. The van der Waals surface area contributed by atoms with Crippen molar-refractivity contribution in [2.75, 3.05) is 40.4 Å². The lowest BCUT2D eigenvalue weighted by molar-refractivity contribution is -0.139. The highest BCUT2D eigenvalue weighted by molar-refractivity contribution is 5.83. The Morgan fingerprint density at radius 1 is 1.08 bits per heavy atom. The van der Waals surface area contributed by atoms with Gasteiger partial charge in [-0.1, -0.05) is 29.8 Å². The largest absolute Gasteiger partial charge is 0.381 e. The molecule has 0 saturated carbocycles. The standard InChI is InChI=1S/C20H30N2O2/c1-16-4-6-17(7-5-16)18(21(2)3)19(23)22-12-8-20(9-13-22)10-14-24-15-11-20/h4-7,18H,8-15H2,1-3H3/t18-/m0/s1. The lowest BCUT2D eigenvalue weighted by Crippen LogP contribution is -2.48. The third-order valence-corrected chi connectivity index (χ3v) is 5.83. The van der Waals surface area contributed by atoms with E-state index in [1.165, 1.54) is 5.56 Å². The number of aryl methyl sites for hydroxylation is 1. The van der Waals surface area contributed by atoms with Crippen molar-refractivity contribution < 1.29 is 9.53 Å². The second-order valence-corrected chi connectivity index (χ2v) is 7.71. The predicted octanol–water partition coefficient (Wildman–Crippen LogP) is 3.02. The second-order valence-electron chi connectivity index (χ2n) is 7.71.